The highest BCUT2D eigenvalue weighted by molar-refractivity contribution is 5.74. The molecule has 0 amide bonds. The molecule has 1 aliphatic carbocycles. The van der Waals surface area contributed by atoms with Crippen molar-refractivity contribution in [3.8, 4) is 0 Å². The highest BCUT2D eigenvalue weighted by Gasteiger charge is 2.39. The van der Waals surface area contributed by atoms with Crippen LogP contribution in [0.4, 0.5) is 0 Å². The lowest BCUT2D eigenvalue weighted by Crippen LogP contribution is -2.33. The molecule has 3 heteroatoms. The fourth-order valence-electron chi connectivity index (χ4n) is 2.52. The molecule has 0 aromatic rings. The second kappa shape index (κ2) is 5.17. The lowest BCUT2D eigenvalue weighted by molar-refractivity contribution is -0.151. The van der Waals surface area contributed by atoms with Crippen molar-refractivity contribution in [2.45, 2.75) is 70.8 Å². The molecule has 0 aromatic heterocycles. The van der Waals surface area contributed by atoms with Gasteiger partial charge in [-0.1, -0.05) is 25.7 Å². The van der Waals surface area contributed by atoms with E-state index in [0.717, 1.165) is 38.5 Å². The number of aliphatic hydroxyl groups is 1. The number of carboxylic acids is 1. The van der Waals surface area contributed by atoms with Crippen LogP contribution in [0.15, 0.2) is 0 Å². The third kappa shape index (κ3) is 3.78. The van der Waals surface area contributed by atoms with E-state index in [1.54, 1.807) is 13.8 Å². The molecule has 0 bridgehead atoms. The van der Waals surface area contributed by atoms with Crippen LogP contribution < -0.4 is 0 Å². The minimum absolute atomic E-state index is 0.569. The molecular weight excluding hydrogens is 204 g/mol. The number of hydrogen-bond acceptors (Lipinski definition) is 2. The fraction of sp³-hybridized carbons (Fsp3) is 0.923. The van der Waals surface area contributed by atoms with Crippen molar-refractivity contribution >= 4 is 5.97 Å². The van der Waals surface area contributed by atoms with Gasteiger partial charge >= 0.3 is 5.97 Å². The first-order chi connectivity index (χ1) is 7.36. The van der Waals surface area contributed by atoms with E-state index >= 15 is 0 Å². The van der Waals surface area contributed by atoms with E-state index in [-0.39, 0.29) is 0 Å². The Morgan fingerprint density at radius 2 is 1.69 bits per heavy atom. The van der Waals surface area contributed by atoms with Crippen LogP contribution in [0.3, 0.4) is 0 Å². The molecule has 0 saturated heterocycles. The topological polar surface area (TPSA) is 57.5 Å². The van der Waals surface area contributed by atoms with Crippen LogP contribution in [-0.2, 0) is 4.79 Å². The Hall–Kier alpha value is -0.570. The summed E-state index contributed by atoms with van der Waals surface area (Å²) in [7, 11) is 0. The van der Waals surface area contributed by atoms with E-state index in [1.165, 1.54) is 0 Å². The third-order valence-corrected chi connectivity index (χ3v) is 3.73. The van der Waals surface area contributed by atoms with Gasteiger partial charge < -0.3 is 10.2 Å². The van der Waals surface area contributed by atoms with Gasteiger partial charge in [0.25, 0.3) is 0 Å². The SMILES string of the molecule is CC(C)(O)CCC1(C(=O)O)CCCCCC1. The quantitative estimate of drug-likeness (QED) is 0.727. The van der Waals surface area contributed by atoms with Crippen molar-refractivity contribution in [1.29, 1.82) is 0 Å². The van der Waals surface area contributed by atoms with Crippen molar-refractivity contribution in [3.05, 3.63) is 0 Å². The number of carbonyl (C=O) groups is 1. The molecule has 3 nitrogen and oxygen atoms in total. The Morgan fingerprint density at radius 1 is 1.19 bits per heavy atom. The molecular formula is C13H24O3. The third-order valence-electron chi connectivity index (χ3n) is 3.73. The Kier molecular flexibility index (Phi) is 4.36. The zero-order valence-corrected chi connectivity index (χ0v) is 10.5. The summed E-state index contributed by atoms with van der Waals surface area (Å²) in [5.74, 6) is -0.668. The highest BCUT2D eigenvalue weighted by Crippen LogP contribution is 2.40. The van der Waals surface area contributed by atoms with Gasteiger partial charge in [0.2, 0.25) is 0 Å². The molecule has 94 valence electrons. The second-order valence-electron chi connectivity index (χ2n) is 5.81. The van der Waals surface area contributed by atoms with Crippen LogP contribution in [0.2, 0.25) is 0 Å². The maximum Gasteiger partial charge on any atom is 0.309 e. The smallest absolute Gasteiger partial charge is 0.309 e. The molecule has 16 heavy (non-hydrogen) atoms. The molecule has 2 N–H and O–H groups in total. The van der Waals surface area contributed by atoms with Crippen molar-refractivity contribution in [3.63, 3.8) is 0 Å². The zero-order valence-electron chi connectivity index (χ0n) is 10.5. The molecule has 0 spiro atoms. The van der Waals surface area contributed by atoms with Gasteiger partial charge in [-0.05, 0) is 39.5 Å². The normalized spacial score (nSPS) is 21.4. The Bertz CT molecular complexity index is 232. The first-order valence-electron chi connectivity index (χ1n) is 6.32. The monoisotopic (exact) mass is 228 g/mol. The van der Waals surface area contributed by atoms with Gasteiger partial charge in [-0.15, -0.1) is 0 Å². The Morgan fingerprint density at radius 3 is 2.06 bits per heavy atom. The maximum absolute atomic E-state index is 11.5. The maximum atomic E-state index is 11.5. The van der Waals surface area contributed by atoms with E-state index in [0.29, 0.717) is 12.8 Å². The summed E-state index contributed by atoms with van der Waals surface area (Å²) in [5, 5.41) is 19.2. The van der Waals surface area contributed by atoms with Crippen LogP contribution >= 0.6 is 0 Å². The fourth-order valence-corrected chi connectivity index (χ4v) is 2.52. The standard InChI is InChI=1S/C13H24O3/c1-12(2,16)9-10-13(11(14)15)7-5-3-4-6-8-13/h16H,3-10H2,1-2H3,(H,14,15). The number of carboxylic acid groups (broad SMARTS) is 1. The van der Waals surface area contributed by atoms with Crippen LogP contribution in [0.5, 0.6) is 0 Å². The molecule has 1 aliphatic rings. The minimum atomic E-state index is -0.755. The Balaban J connectivity index is 2.67. The van der Waals surface area contributed by atoms with Gasteiger partial charge in [-0.3, -0.25) is 4.79 Å². The summed E-state index contributed by atoms with van der Waals surface area (Å²) in [6.07, 6.45) is 7.05. The van der Waals surface area contributed by atoms with Crippen LogP contribution in [0.25, 0.3) is 0 Å². The van der Waals surface area contributed by atoms with Gasteiger partial charge in [0.05, 0.1) is 11.0 Å². The van der Waals surface area contributed by atoms with Crippen molar-refractivity contribution in [1.82, 2.24) is 0 Å². The summed E-state index contributed by atoms with van der Waals surface area (Å²) in [6.45, 7) is 3.50. The summed E-state index contributed by atoms with van der Waals surface area (Å²) in [6, 6.07) is 0. The van der Waals surface area contributed by atoms with Crippen LogP contribution in [-0.4, -0.2) is 21.8 Å². The lowest BCUT2D eigenvalue weighted by Gasteiger charge is -2.30. The van der Waals surface area contributed by atoms with E-state index in [1.807, 2.05) is 0 Å². The average Bonchev–Trinajstić information content (AvgIpc) is 2.39. The van der Waals surface area contributed by atoms with Gasteiger partial charge in [0, 0.05) is 0 Å². The molecule has 1 fully saturated rings. The highest BCUT2D eigenvalue weighted by atomic mass is 16.4. The van der Waals surface area contributed by atoms with Gasteiger partial charge in [0.1, 0.15) is 0 Å². The predicted octanol–water partition coefficient (Wildman–Crippen LogP) is 2.96. The molecule has 0 heterocycles. The van der Waals surface area contributed by atoms with Crippen molar-refractivity contribution < 1.29 is 15.0 Å². The number of rotatable bonds is 4. The largest absolute Gasteiger partial charge is 0.481 e. The first-order valence-corrected chi connectivity index (χ1v) is 6.32. The number of hydrogen-bond donors (Lipinski definition) is 2. The number of aliphatic carboxylic acids is 1. The zero-order chi connectivity index (χ0) is 12.2. The summed E-state index contributed by atoms with van der Waals surface area (Å²) >= 11 is 0. The lowest BCUT2D eigenvalue weighted by atomic mass is 9.75. The van der Waals surface area contributed by atoms with E-state index in [9.17, 15) is 15.0 Å². The second-order valence-corrected chi connectivity index (χ2v) is 5.81. The first kappa shape index (κ1) is 13.5. The van der Waals surface area contributed by atoms with Crippen molar-refractivity contribution in [2.24, 2.45) is 5.41 Å². The summed E-state index contributed by atoms with van der Waals surface area (Å²) in [5.41, 5.74) is -1.33. The predicted molar refractivity (Wildman–Crippen MR) is 63.3 cm³/mol. The molecule has 1 rings (SSSR count). The van der Waals surface area contributed by atoms with E-state index in [4.69, 9.17) is 0 Å². The summed E-state index contributed by atoms with van der Waals surface area (Å²) < 4.78 is 0. The van der Waals surface area contributed by atoms with E-state index in [2.05, 4.69) is 0 Å². The molecule has 0 atom stereocenters. The van der Waals surface area contributed by atoms with Crippen molar-refractivity contribution in [2.75, 3.05) is 0 Å². The van der Waals surface area contributed by atoms with E-state index < -0.39 is 17.0 Å². The molecule has 0 aromatic carbocycles. The van der Waals surface area contributed by atoms with Gasteiger partial charge in [0.15, 0.2) is 0 Å². The Labute approximate surface area is 97.9 Å². The molecule has 0 aliphatic heterocycles. The van der Waals surface area contributed by atoms with Crippen LogP contribution in [0, 0.1) is 5.41 Å². The van der Waals surface area contributed by atoms with Crippen LogP contribution in [0.1, 0.15) is 65.2 Å². The van der Waals surface area contributed by atoms with Gasteiger partial charge in [-0.2, -0.15) is 0 Å². The molecule has 1 saturated carbocycles. The van der Waals surface area contributed by atoms with Gasteiger partial charge in [-0.25, -0.2) is 0 Å². The average molecular weight is 228 g/mol. The minimum Gasteiger partial charge on any atom is -0.481 e. The summed E-state index contributed by atoms with van der Waals surface area (Å²) in [4.78, 5) is 11.5. The molecule has 0 unspecified atom stereocenters. The molecule has 0 radical (unpaired) electrons.